The van der Waals surface area contributed by atoms with Gasteiger partial charge in [-0.1, -0.05) is 67.6 Å². The summed E-state index contributed by atoms with van der Waals surface area (Å²) in [5.74, 6) is 0.839. The summed E-state index contributed by atoms with van der Waals surface area (Å²) in [7, 11) is 1.68. The largest absolute Gasteiger partial charge is 0.497 e. The van der Waals surface area contributed by atoms with Gasteiger partial charge in [-0.15, -0.1) is 0 Å². The lowest BCUT2D eigenvalue weighted by Crippen LogP contribution is -2.00. The molecule has 0 radical (unpaired) electrons. The number of ether oxygens (including phenoxy) is 1. The first kappa shape index (κ1) is 17.1. The summed E-state index contributed by atoms with van der Waals surface area (Å²) in [4.78, 5) is 0. The van der Waals surface area contributed by atoms with E-state index in [1.165, 1.54) is 11.1 Å². The Morgan fingerprint density at radius 3 is 1.93 bits per heavy atom. The third kappa shape index (κ3) is 3.24. The predicted molar refractivity (Wildman–Crippen MR) is 110 cm³/mol. The van der Waals surface area contributed by atoms with Crippen LogP contribution < -0.4 is 4.74 Å². The van der Waals surface area contributed by atoms with E-state index in [1.807, 2.05) is 36.4 Å². The van der Waals surface area contributed by atoms with E-state index in [0.717, 1.165) is 34.8 Å². The zero-order valence-corrected chi connectivity index (χ0v) is 15.6. The molecule has 4 rings (SSSR count). The minimum atomic E-state index is 0.839. The second kappa shape index (κ2) is 7.50. The van der Waals surface area contributed by atoms with Crippen molar-refractivity contribution in [2.24, 2.45) is 0 Å². The van der Waals surface area contributed by atoms with E-state index in [1.54, 1.807) is 7.11 Å². The van der Waals surface area contributed by atoms with Crippen LogP contribution in [0, 0.1) is 0 Å². The molecule has 0 spiro atoms. The van der Waals surface area contributed by atoms with Crippen LogP contribution in [0.25, 0.3) is 28.2 Å². The lowest BCUT2D eigenvalue weighted by Gasteiger charge is -2.10. The minimum Gasteiger partial charge on any atom is -0.497 e. The lowest BCUT2D eigenvalue weighted by atomic mass is 10.00. The summed E-state index contributed by atoms with van der Waals surface area (Å²) in [5, 5.41) is 5.03. The molecule has 0 atom stereocenters. The fourth-order valence-electron chi connectivity index (χ4n) is 3.42. The molecule has 3 aromatic carbocycles. The number of rotatable bonds is 5. The second-order valence-electron chi connectivity index (χ2n) is 6.37. The molecule has 3 nitrogen and oxygen atoms in total. The molecule has 0 N–H and O–H groups in total. The number of hydrogen-bond donors (Lipinski definition) is 0. The average Bonchev–Trinajstić information content (AvgIpc) is 3.14. The molecule has 0 aliphatic carbocycles. The van der Waals surface area contributed by atoms with Crippen molar-refractivity contribution in [3.63, 3.8) is 0 Å². The normalized spacial score (nSPS) is 10.7. The van der Waals surface area contributed by atoms with Crippen LogP contribution >= 0.6 is 0 Å². The maximum atomic E-state index is 5.31. The van der Waals surface area contributed by atoms with Gasteiger partial charge in [0.05, 0.1) is 24.2 Å². The zero-order chi connectivity index (χ0) is 18.6. The van der Waals surface area contributed by atoms with Gasteiger partial charge < -0.3 is 4.74 Å². The van der Waals surface area contributed by atoms with Crippen molar-refractivity contribution >= 4 is 0 Å². The molecule has 3 heteroatoms. The maximum absolute atomic E-state index is 5.31. The van der Waals surface area contributed by atoms with Crippen LogP contribution in [0.3, 0.4) is 0 Å². The Bertz CT molecular complexity index is 1020. The lowest BCUT2D eigenvalue weighted by molar-refractivity contribution is 0.414. The molecule has 27 heavy (non-hydrogen) atoms. The van der Waals surface area contributed by atoms with Crippen molar-refractivity contribution in [3.05, 3.63) is 90.5 Å². The molecule has 0 saturated carbocycles. The average molecular weight is 354 g/mol. The molecule has 0 saturated heterocycles. The first-order valence-corrected chi connectivity index (χ1v) is 9.19. The van der Waals surface area contributed by atoms with Crippen LogP contribution in [0.15, 0.2) is 84.9 Å². The second-order valence-corrected chi connectivity index (χ2v) is 6.37. The van der Waals surface area contributed by atoms with Gasteiger partial charge in [0.15, 0.2) is 0 Å². The summed E-state index contributed by atoms with van der Waals surface area (Å²) in [5.41, 5.74) is 6.75. The Morgan fingerprint density at radius 2 is 1.37 bits per heavy atom. The summed E-state index contributed by atoms with van der Waals surface area (Å²) in [6, 6.07) is 28.9. The molecule has 1 heterocycles. The highest BCUT2D eigenvalue weighted by molar-refractivity contribution is 5.76. The van der Waals surface area contributed by atoms with Crippen molar-refractivity contribution in [2.75, 3.05) is 7.11 Å². The van der Waals surface area contributed by atoms with Gasteiger partial charge in [0, 0.05) is 16.7 Å². The molecule has 134 valence electrons. The first-order valence-electron chi connectivity index (χ1n) is 9.19. The van der Waals surface area contributed by atoms with Crippen LogP contribution in [0.1, 0.15) is 12.5 Å². The Morgan fingerprint density at radius 1 is 0.778 bits per heavy atom. The summed E-state index contributed by atoms with van der Waals surface area (Å²) >= 11 is 0. The topological polar surface area (TPSA) is 27.1 Å². The van der Waals surface area contributed by atoms with E-state index in [0.29, 0.717) is 0 Å². The molecule has 0 aliphatic rings. The smallest absolute Gasteiger partial charge is 0.119 e. The van der Waals surface area contributed by atoms with E-state index >= 15 is 0 Å². The number of benzene rings is 3. The summed E-state index contributed by atoms with van der Waals surface area (Å²) in [6.45, 7) is 2.19. The van der Waals surface area contributed by atoms with Crippen molar-refractivity contribution in [3.8, 4) is 34.0 Å². The third-order valence-corrected chi connectivity index (χ3v) is 4.75. The maximum Gasteiger partial charge on any atom is 0.119 e. The van der Waals surface area contributed by atoms with E-state index in [2.05, 4.69) is 60.1 Å². The molecule has 0 amide bonds. The van der Waals surface area contributed by atoms with Gasteiger partial charge in [0.25, 0.3) is 0 Å². The third-order valence-electron chi connectivity index (χ3n) is 4.75. The van der Waals surface area contributed by atoms with E-state index in [9.17, 15) is 0 Å². The van der Waals surface area contributed by atoms with Crippen LogP contribution in [0.4, 0.5) is 0 Å². The van der Waals surface area contributed by atoms with Gasteiger partial charge in [-0.3, -0.25) is 0 Å². The monoisotopic (exact) mass is 354 g/mol. The number of hydrogen-bond acceptors (Lipinski definition) is 2. The zero-order valence-electron chi connectivity index (χ0n) is 15.6. The van der Waals surface area contributed by atoms with Crippen LogP contribution in [-0.2, 0) is 6.42 Å². The van der Waals surface area contributed by atoms with Crippen molar-refractivity contribution in [1.29, 1.82) is 0 Å². The fraction of sp³-hybridized carbons (Fsp3) is 0.125. The molecular weight excluding hydrogens is 332 g/mol. The predicted octanol–water partition coefficient (Wildman–Crippen LogP) is 5.78. The van der Waals surface area contributed by atoms with Crippen molar-refractivity contribution in [2.45, 2.75) is 13.3 Å². The van der Waals surface area contributed by atoms with Gasteiger partial charge in [-0.25, -0.2) is 4.68 Å². The van der Waals surface area contributed by atoms with E-state index < -0.39 is 0 Å². The van der Waals surface area contributed by atoms with Gasteiger partial charge >= 0.3 is 0 Å². The van der Waals surface area contributed by atoms with Crippen LogP contribution in [0.5, 0.6) is 5.75 Å². The van der Waals surface area contributed by atoms with E-state index in [-0.39, 0.29) is 0 Å². The quantitative estimate of drug-likeness (QED) is 0.454. The molecule has 0 bridgehead atoms. The highest BCUT2D eigenvalue weighted by Gasteiger charge is 2.20. The minimum absolute atomic E-state index is 0.839. The first-order chi connectivity index (χ1) is 13.3. The Kier molecular flexibility index (Phi) is 4.75. The standard InChI is InChI=1S/C24H22N2O/c1-3-22-23(18-10-6-4-7-11-18)25-26(20-14-16-21(27-2)17-15-20)24(22)19-12-8-5-9-13-19/h4-17H,3H2,1-2H3. The molecule has 0 fully saturated rings. The Hall–Kier alpha value is -3.33. The molecule has 0 unspecified atom stereocenters. The summed E-state index contributed by atoms with van der Waals surface area (Å²) < 4.78 is 7.36. The highest BCUT2D eigenvalue weighted by atomic mass is 16.5. The molecule has 4 aromatic rings. The molecule has 1 aromatic heterocycles. The molecular formula is C24H22N2O. The number of aromatic nitrogens is 2. The SMILES string of the molecule is CCc1c(-c2ccccc2)nn(-c2ccc(OC)cc2)c1-c1ccccc1. The van der Waals surface area contributed by atoms with E-state index in [4.69, 9.17) is 9.84 Å². The fourth-order valence-corrected chi connectivity index (χ4v) is 3.42. The number of methoxy groups -OCH3 is 1. The van der Waals surface area contributed by atoms with Crippen LogP contribution in [0.2, 0.25) is 0 Å². The van der Waals surface area contributed by atoms with Gasteiger partial charge in [0.1, 0.15) is 5.75 Å². The number of nitrogens with zero attached hydrogens (tertiary/aromatic N) is 2. The van der Waals surface area contributed by atoms with Gasteiger partial charge in [0.2, 0.25) is 0 Å². The highest BCUT2D eigenvalue weighted by Crippen LogP contribution is 2.34. The van der Waals surface area contributed by atoms with Gasteiger partial charge in [-0.05, 0) is 30.7 Å². The van der Waals surface area contributed by atoms with Crippen molar-refractivity contribution < 1.29 is 4.74 Å². The van der Waals surface area contributed by atoms with Gasteiger partial charge in [-0.2, -0.15) is 5.10 Å². The van der Waals surface area contributed by atoms with Crippen molar-refractivity contribution in [1.82, 2.24) is 9.78 Å². The summed E-state index contributed by atoms with van der Waals surface area (Å²) in [6.07, 6.45) is 0.907. The Balaban J connectivity index is 1.97. The molecule has 0 aliphatic heterocycles. The Labute approximate surface area is 159 Å². The van der Waals surface area contributed by atoms with Crippen LogP contribution in [-0.4, -0.2) is 16.9 Å².